The predicted octanol–water partition coefficient (Wildman–Crippen LogP) is 0.475. The Balaban J connectivity index is -0.0000000202. The SMILES string of the molecule is CC.[2H][C-]=O.[2H][C-]=O.[Ni+2]. The van der Waals surface area contributed by atoms with Crippen molar-refractivity contribution in [3.63, 3.8) is 0 Å². The first-order valence-electron chi connectivity index (χ1n) is 2.41. The molecule has 0 aromatic carbocycles. The standard InChI is InChI=1S/C2H6.2CHO.Ni/c3*1-2;/h1-2H3;2*1H;/q;2*-1;+2/i;2*1D;. The Kier molecular flexibility index (Phi) is 6990. The van der Waals surface area contributed by atoms with Crippen LogP contribution in [0.4, 0.5) is 0 Å². The van der Waals surface area contributed by atoms with Crippen molar-refractivity contribution in [3.8, 4) is 0 Å². The van der Waals surface area contributed by atoms with Crippen molar-refractivity contribution in [1.82, 2.24) is 0 Å². The number of carbonyl (C=O) groups excluding carboxylic acids is 2. The summed E-state index contributed by atoms with van der Waals surface area (Å²) in [4.78, 5) is 16.7. The monoisotopic (exact) mass is 148 g/mol. The zero-order valence-electron chi connectivity index (χ0n) is 6.13. The zero-order chi connectivity index (χ0) is 7.41. The predicted molar refractivity (Wildman–Crippen MR) is 24.8 cm³/mol. The van der Waals surface area contributed by atoms with Crippen LogP contribution in [0.15, 0.2) is 0 Å². The van der Waals surface area contributed by atoms with Crippen LogP contribution >= 0.6 is 0 Å². The van der Waals surface area contributed by atoms with Crippen LogP contribution in [-0.4, -0.2) is 13.5 Å². The number of hydrogen-bond donors (Lipinski definition) is 0. The summed E-state index contributed by atoms with van der Waals surface area (Å²) in [6.07, 6.45) is 0. The number of rotatable bonds is 0. The maximum Gasteiger partial charge on any atom is 2.00 e. The van der Waals surface area contributed by atoms with E-state index in [4.69, 9.17) is 12.3 Å². The van der Waals surface area contributed by atoms with Crippen LogP contribution in [-0.2, 0) is 26.1 Å². The quantitative estimate of drug-likeness (QED) is 0.285. The first-order chi connectivity index (χ1) is 3.83. The van der Waals surface area contributed by atoms with Crippen LogP contribution in [0.2, 0.25) is 0 Å². The molecule has 0 atom stereocenters. The van der Waals surface area contributed by atoms with Crippen molar-refractivity contribution in [2.45, 2.75) is 13.8 Å². The Morgan fingerprint density at radius 3 is 1.29 bits per heavy atom. The molecule has 7 heavy (non-hydrogen) atoms. The molecule has 0 amide bonds. The molecule has 0 aromatic heterocycles. The molecular weight excluding hydrogens is 139 g/mol. The molecule has 0 aromatic rings. The summed E-state index contributed by atoms with van der Waals surface area (Å²) in [5.41, 5.74) is 0. The van der Waals surface area contributed by atoms with E-state index in [-0.39, 0.29) is 16.5 Å². The Morgan fingerprint density at radius 2 is 1.29 bits per heavy atom. The largest absolute Gasteiger partial charge is 2.00 e. The molecule has 0 spiro atoms. The molecule has 0 saturated heterocycles. The van der Waals surface area contributed by atoms with Gasteiger partial charge in [0, 0.05) is 0 Å². The van der Waals surface area contributed by atoms with E-state index in [9.17, 15) is 0 Å². The summed E-state index contributed by atoms with van der Waals surface area (Å²) >= 11 is 0. The van der Waals surface area contributed by atoms with Gasteiger partial charge in [-0.05, 0) is 0 Å². The fourth-order valence-corrected chi connectivity index (χ4v) is 0. The van der Waals surface area contributed by atoms with E-state index >= 15 is 0 Å². The van der Waals surface area contributed by atoms with Gasteiger partial charge in [-0.2, -0.15) is 2.74 Å². The summed E-state index contributed by atoms with van der Waals surface area (Å²) in [5.74, 6) is 0. The molecule has 0 aliphatic heterocycles. The third kappa shape index (κ3) is 3090. The third-order valence-electron chi connectivity index (χ3n) is 0. The van der Waals surface area contributed by atoms with Crippen molar-refractivity contribution in [2.75, 3.05) is 0 Å². The summed E-state index contributed by atoms with van der Waals surface area (Å²) in [6, 6.07) is 0. The van der Waals surface area contributed by atoms with E-state index in [1.165, 1.54) is 0 Å². The van der Waals surface area contributed by atoms with Gasteiger partial charge in [0.05, 0.1) is 0 Å². The van der Waals surface area contributed by atoms with E-state index in [0.29, 0.717) is 0 Å². The molecular formula is C4H8NiO2. The maximum absolute atomic E-state index is 8.35. The van der Waals surface area contributed by atoms with Crippen LogP contribution in [0.5, 0.6) is 0 Å². The van der Waals surface area contributed by atoms with Crippen LogP contribution in [0.25, 0.3) is 0 Å². The van der Waals surface area contributed by atoms with Gasteiger partial charge in [0.2, 0.25) is 0 Å². The van der Waals surface area contributed by atoms with E-state index in [1.807, 2.05) is 13.8 Å². The molecule has 0 saturated carbocycles. The molecule has 0 aliphatic carbocycles. The van der Waals surface area contributed by atoms with Crippen molar-refractivity contribution < 1.29 is 28.8 Å². The van der Waals surface area contributed by atoms with Crippen molar-refractivity contribution in [1.29, 1.82) is 0 Å². The Bertz CT molecular complexity index is 37.5. The molecule has 46 valence electrons. The second-order valence-electron chi connectivity index (χ2n) is 0. The first-order valence-corrected chi connectivity index (χ1v) is 1.41. The Morgan fingerprint density at radius 1 is 1.29 bits per heavy atom. The minimum absolute atomic E-state index is 0. The molecule has 0 heterocycles. The van der Waals surface area contributed by atoms with Gasteiger partial charge in [-0.25, -0.2) is 0 Å². The molecule has 0 bridgehead atoms. The molecule has 3 heteroatoms. The van der Waals surface area contributed by atoms with Crippen molar-refractivity contribution >= 4 is 13.5 Å². The molecule has 0 rings (SSSR count). The van der Waals surface area contributed by atoms with Gasteiger partial charge in [-0.1, -0.05) is 13.8 Å². The van der Waals surface area contributed by atoms with Crippen molar-refractivity contribution in [3.05, 3.63) is 0 Å². The minimum atomic E-state index is 0. The van der Waals surface area contributed by atoms with Gasteiger partial charge < -0.3 is 9.59 Å². The first kappa shape index (κ1) is 9.95. The average molecular weight is 149 g/mol. The second-order valence-corrected chi connectivity index (χ2v) is 0. The second kappa shape index (κ2) is 4920. The van der Waals surface area contributed by atoms with Crippen LogP contribution in [0.1, 0.15) is 16.6 Å². The van der Waals surface area contributed by atoms with Crippen molar-refractivity contribution in [2.24, 2.45) is 0 Å². The molecule has 0 radical (unpaired) electrons. The van der Waals surface area contributed by atoms with E-state index in [1.54, 1.807) is 0 Å². The van der Waals surface area contributed by atoms with Gasteiger partial charge in [-0.15, -0.1) is 0 Å². The molecule has 0 N–H and O–H groups in total. The van der Waals surface area contributed by atoms with E-state index < -0.39 is 0 Å². The minimum Gasteiger partial charge on any atom is -0.545 e. The van der Waals surface area contributed by atoms with E-state index in [0.717, 1.165) is 13.5 Å². The molecule has 0 fully saturated rings. The Labute approximate surface area is 57.0 Å². The van der Waals surface area contributed by atoms with Gasteiger partial charge >= 0.3 is 16.5 Å². The van der Waals surface area contributed by atoms with E-state index in [2.05, 4.69) is 0 Å². The topological polar surface area (TPSA) is 34.1 Å². The van der Waals surface area contributed by atoms with Gasteiger partial charge in [0.1, 0.15) is 0 Å². The van der Waals surface area contributed by atoms with Gasteiger partial charge in [-0.3, -0.25) is 13.5 Å². The number of hydrogen-bond acceptors (Lipinski definition) is 2. The molecule has 0 unspecified atom stereocenters. The fraction of sp³-hybridized carbons (Fsp3) is 0.500. The summed E-state index contributed by atoms with van der Waals surface area (Å²) in [6.45, 7) is 5.50. The third-order valence-corrected chi connectivity index (χ3v) is 0. The zero-order valence-corrected chi connectivity index (χ0v) is 5.12. The van der Waals surface area contributed by atoms with Crippen LogP contribution in [0.3, 0.4) is 0 Å². The molecule has 0 aliphatic rings. The van der Waals surface area contributed by atoms with Gasteiger partial charge in [0.15, 0.2) is 0 Å². The maximum atomic E-state index is 8.35. The summed E-state index contributed by atoms with van der Waals surface area (Å²) in [5, 5.41) is 0. The fourth-order valence-electron chi connectivity index (χ4n) is 0. The summed E-state index contributed by atoms with van der Waals surface area (Å²) in [7, 11) is 0. The summed E-state index contributed by atoms with van der Waals surface area (Å²) < 4.78 is 10.8. The van der Waals surface area contributed by atoms with Crippen LogP contribution in [0, 0.1) is 0 Å². The van der Waals surface area contributed by atoms with Gasteiger partial charge in [0.25, 0.3) is 0 Å². The average Bonchev–Trinajstić information content (AvgIpc) is 1.75. The van der Waals surface area contributed by atoms with Crippen LogP contribution < -0.4 is 0 Å². The smallest absolute Gasteiger partial charge is 0.545 e. The normalized spacial score (nSPS) is 4.86. The Hall–Kier alpha value is -0.166. The molecule has 2 nitrogen and oxygen atoms in total.